The average Bonchev–Trinajstić information content (AvgIpc) is 2.99. The van der Waals surface area contributed by atoms with Crippen molar-refractivity contribution >= 4 is 39.0 Å². The fraction of sp³-hybridized carbons (Fsp3) is 0.158. The number of nitrogens with one attached hydrogen (secondary N) is 1. The Morgan fingerprint density at radius 1 is 1.19 bits per heavy atom. The van der Waals surface area contributed by atoms with Crippen molar-refractivity contribution in [1.29, 1.82) is 0 Å². The fourth-order valence-corrected chi connectivity index (χ4v) is 3.55. The molecule has 0 aliphatic heterocycles. The number of halogens is 1. The minimum absolute atomic E-state index is 0.218. The lowest BCUT2D eigenvalue weighted by molar-refractivity contribution is 0.0602. The third-order valence-corrected chi connectivity index (χ3v) is 4.78. The summed E-state index contributed by atoms with van der Waals surface area (Å²) in [7, 11) is 1.31. The Morgan fingerprint density at radius 3 is 2.69 bits per heavy atom. The third-order valence-electron chi connectivity index (χ3n) is 3.65. The van der Waals surface area contributed by atoms with E-state index in [0.29, 0.717) is 28.3 Å². The number of carbonyl (C=O) groups is 2. The van der Waals surface area contributed by atoms with Crippen molar-refractivity contribution in [2.75, 3.05) is 19.0 Å². The van der Waals surface area contributed by atoms with E-state index in [1.54, 1.807) is 18.2 Å². The molecular formula is C19H16FNO4S. The lowest BCUT2D eigenvalue weighted by atomic mass is 10.2. The van der Waals surface area contributed by atoms with Gasteiger partial charge >= 0.3 is 5.97 Å². The minimum Gasteiger partial charge on any atom is -0.491 e. The molecule has 1 heterocycles. The molecule has 1 N–H and O–H groups in total. The molecule has 0 saturated carbocycles. The summed E-state index contributed by atoms with van der Waals surface area (Å²) in [5.74, 6) is -0.946. The summed E-state index contributed by atoms with van der Waals surface area (Å²) in [5, 5.41) is 3.43. The number of esters is 1. The normalized spacial score (nSPS) is 10.6. The molecule has 0 radical (unpaired) electrons. The summed E-state index contributed by atoms with van der Waals surface area (Å²) in [6.45, 7) is 2.20. The lowest BCUT2D eigenvalue weighted by Gasteiger charge is -2.07. The molecule has 0 unspecified atom stereocenters. The highest BCUT2D eigenvalue weighted by Gasteiger charge is 2.21. The van der Waals surface area contributed by atoms with Gasteiger partial charge in [-0.1, -0.05) is 6.07 Å². The Morgan fingerprint density at radius 2 is 2.00 bits per heavy atom. The molecule has 0 bridgehead atoms. The van der Waals surface area contributed by atoms with Gasteiger partial charge in [0.25, 0.3) is 5.91 Å². The van der Waals surface area contributed by atoms with Gasteiger partial charge in [0.2, 0.25) is 0 Å². The molecule has 0 saturated heterocycles. The van der Waals surface area contributed by atoms with E-state index in [9.17, 15) is 14.0 Å². The topological polar surface area (TPSA) is 64.6 Å². The molecule has 0 aliphatic carbocycles. The first-order valence-corrected chi connectivity index (χ1v) is 8.69. The Bertz CT molecular complexity index is 983. The molecule has 0 aliphatic rings. The fourth-order valence-electron chi connectivity index (χ4n) is 2.50. The van der Waals surface area contributed by atoms with Crippen LogP contribution in [0.1, 0.15) is 27.0 Å². The molecule has 3 rings (SSSR count). The molecule has 3 aromatic rings. The first kappa shape index (κ1) is 17.9. The zero-order valence-corrected chi connectivity index (χ0v) is 15.0. The number of amides is 1. The van der Waals surface area contributed by atoms with Gasteiger partial charge in [-0.25, -0.2) is 9.18 Å². The summed E-state index contributed by atoms with van der Waals surface area (Å²) < 4.78 is 24.5. The van der Waals surface area contributed by atoms with Gasteiger partial charge in [-0.3, -0.25) is 4.79 Å². The van der Waals surface area contributed by atoms with Crippen LogP contribution in [0, 0.1) is 5.82 Å². The summed E-state index contributed by atoms with van der Waals surface area (Å²) in [4.78, 5) is 24.6. The van der Waals surface area contributed by atoms with E-state index in [0.717, 1.165) is 4.70 Å². The van der Waals surface area contributed by atoms with Crippen LogP contribution < -0.4 is 10.1 Å². The average molecular weight is 373 g/mol. The number of methoxy groups -OCH3 is 1. The van der Waals surface area contributed by atoms with Gasteiger partial charge in [-0.15, -0.1) is 11.3 Å². The van der Waals surface area contributed by atoms with Gasteiger partial charge in [-0.2, -0.15) is 0 Å². The van der Waals surface area contributed by atoms with Crippen LogP contribution in [0.2, 0.25) is 0 Å². The summed E-state index contributed by atoms with van der Waals surface area (Å²) in [6, 6.07) is 10.7. The van der Waals surface area contributed by atoms with Crippen molar-refractivity contribution in [3.05, 3.63) is 58.7 Å². The van der Waals surface area contributed by atoms with E-state index in [4.69, 9.17) is 9.47 Å². The van der Waals surface area contributed by atoms with E-state index in [-0.39, 0.29) is 5.56 Å². The van der Waals surface area contributed by atoms with Gasteiger partial charge in [0, 0.05) is 21.3 Å². The molecule has 0 atom stereocenters. The summed E-state index contributed by atoms with van der Waals surface area (Å²) in [5.41, 5.74) is 0.734. The van der Waals surface area contributed by atoms with Crippen LogP contribution >= 0.6 is 11.3 Å². The highest BCUT2D eigenvalue weighted by Crippen LogP contribution is 2.39. The second kappa shape index (κ2) is 7.53. The molecule has 0 fully saturated rings. The molecule has 26 heavy (non-hydrogen) atoms. The van der Waals surface area contributed by atoms with E-state index in [1.807, 2.05) is 6.92 Å². The van der Waals surface area contributed by atoms with Crippen LogP contribution in [0.5, 0.6) is 5.75 Å². The van der Waals surface area contributed by atoms with Crippen LogP contribution in [0.4, 0.5) is 10.1 Å². The highest BCUT2D eigenvalue weighted by molar-refractivity contribution is 7.21. The summed E-state index contributed by atoms with van der Waals surface area (Å²) in [6.07, 6.45) is 0. The van der Waals surface area contributed by atoms with E-state index in [2.05, 4.69) is 5.32 Å². The number of thiophene rings is 1. The smallest absolute Gasteiger partial charge is 0.351 e. The van der Waals surface area contributed by atoms with Crippen LogP contribution in [0.3, 0.4) is 0 Å². The van der Waals surface area contributed by atoms with Gasteiger partial charge in [0.05, 0.1) is 13.7 Å². The first-order chi connectivity index (χ1) is 12.5. The molecule has 5 nitrogen and oxygen atoms in total. The molecule has 7 heteroatoms. The van der Waals surface area contributed by atoms with Crippen molar-refractivity contribution in [3.8, 4) is 5.75 Å². The number of hydrogen-bond acceptors (Lipinski definition) is 5. The molecular weight excluding hydrogens is 357 g/mol. The van der Waals surface area contributed by atoms with Crippen LogP contribution in [0.15, 0.2) is 42.5 Å². The predicted molar refractivity (Wildman–Crippen MR) is 98.7 cm³/mol. The van der Waals surface area contributed by atoms with Crippen LogP contribution in [0.25, 0.3) is 10.1 Å². The predicted octanol–water partition coefficient (Wildman–Crippen LogP) is 4.48. The van der Waals surface area contributed by atoms with Gasteiger partial charge < -0.3 is 14.8 Å². The Balaban J connectivity index is 1.96. The maximum atomic E-state index is 13.3. The minimum atomic E-state index is -0.479. The SMILES string of the molecule is CCOc1c(C(=O)OC)sc2ccc(NC(=O)c3cccc(F)c3)cc12. The van der Waals surface area contributed by atoms with Crippen LogP contribution in [-0.4, -0.2) is 25.6 Å². The number of carbonyl (C=O) groups excluding carboxylic acids is 2. The zero-order valence-electron chi connectivity index (χ0n) is 14.2. The number of rotatable bonds is 5. The van der Waals surface area contributed by atoms with Crippen molar-refractivity contribution in [1.82, 2.24) is 0 Å². The van der Waals surface area contributed by atoms with E-state index < -0.39 is 17.7 Å². The van der Waals surface area contributed by atoms with E-state index in [1.165, 1.54) is 42.7 Å². The number of hydrogen-bond donors (Lipinski definition) is 1. The summed E-state index contributed by atoms with van der Waals surface area (Å²) >= 11 is 1.26. The van der Waals surface area contributed by atoms with Gasteiger partial charge in [0.1, 0.15) is 5.82 Å². The maximum Gasteiger partial charge on any atom is 0.351 e. The number of ether oxygens (including phenoxy) is 2. The molecule has 1 amide bonds. The number of benzene rings is 2. The monoisotopic (exact) mass is 373 g/mol. The maximum absolute atomic E-state index is 13.3. The molecule has 0 spiro atoms. The van der Waals surface area contributed by atoms with E-state index >= 15 is 0 Å². The van der Waals surface area contributed by atoms with Crippen molar-refractivity contribution in [2.24, 2.45) is 0 Å². The van der Waals surface area contributed by atoms with Crippen molar-refractivity contribution < 1.29 is 23.5 Å². The Hall–Kier alpha value is -2.93. The molecule has 2 aromatic carbocycles. The molecule has 1 aromatic heterocycles. The van der Waals surface area contributed by atoms with Crippen molar-refractivity contribution in [2.45, 2.75) is 6.92 Å². The number of fused-ring (bicyclic) bond motifs is 1. The number of anilines is 1. The zero-order chi connectivity index (χ0) is 18.7. The third kappa shape index (κ3) is 3.52. The quantitative estimate of drug-likeness (QED) is 0.670. The highest BCUT2D eigenvalue weighted by atomic mass is 32.1. The standard InChI is InChI=1S/C19H16FNO4S/c1-3-25-16-14-10-13(7-8-15(14)26-17(16)19(23)24-2)21-18(22)11-5-4-6-12(20)9-11/h4-10H,3H2,1-2H3,(H,21,22). The van der Waals surface area contributed by atoms with Crippen molar-refractivity contribution in [3.63, 3.8) is 0 Å². The lowest BCUT2D eigenvalue weighted by Crippen LogP contribution is -2.11. The largest absolute Gasteiger partial charge is 0.491 e. The van der Waals surface area contributed by atoms with Gasteiger partial charge in [-0.05, 0) is 43.3 Å². The van der Waals surface area contributed by atoms with Crippen LogP contribution in [-0.2, 0) is 4.74 Å². The van der Waals surface area contributed by atoms with Gasteiger partial charge in [0.15, 0.2) is 10.6 Å². The second-order valence-corrected chi connectivity index (χ2v) is 6.41. The molecule has 134 valence electrons. The Kier molecular flexibility index (Phi) is 5.18. The first-order valence-electron chi connectivity index (χ1n) is 7.88. The Labute approximate surface area is 153 Å². The second-order valence-electron chi connectivity index (χ2n) is 5.36.